The lowest BCUT2D eigenvalue weighted by Crippen LogP contribution is -2.16. The molecule has 1 N–H and O–H groups in total. The van der Waals surface area contributed by atoms with Crippen molar-refractivity contribution in [2.75, 3.05) is 5.32 Å². The molecule has 0 spiro atoms. The summed E-state index contributed by atoms with van der Waals surface area (Å²) >= 11 is 11.6. The molecule has 0 atom stereocenters. The maximum absolute atomic E-state index is 10.9. The Hall–Kier alpha value is -1.00. The Morgan fingerprint density at radius 2 is 1.94 bits per heavy atom. The number of nitrogens with zero attached hydrogens (tertiary/aromatic N) is 1. The molecule has 1 fully saturated rings. The minimum absolute atomic E-state index is 0.0393. The van der Waals surface area contributed by atoms with Crippen LogP contribution in [0.25, 0.3) is 0 Å². The van der Waals surface area contributed by atoms with Crippen molar-refractivity contribution in [3.8, 4) is 0 Å². The van der Waals surface area contributed by atoms with Crippen LogP contribution in [-0.4, -0.2) is 10.5 Å². The molecule has 6 heteroatoms. The third-order valence-electron chi connectivity index (χ3n) is 2.67. The molecule has 16 heavy (non-hydrogen) atoms. The summed E-state index contributed by atoms with van der Waals surface area (Å²) in [5.74, 6) is 0. The minimum atomic E-state index is -0.462. The summed E-state index contributed by atoms with van der Waals surface area (Å²) in [4.78, 5) is 10.4. The summed E-state index contributed by atoms with van der Waals surface area (Å²) in [7, 11) is 0. The van der Waals surface area contributed by atoms with Gasteiger partial charge in [0.05, 0.1) is 15.0 Å². The fourth-order valence-corrected chi connectivity index (χ4v) is 1.75. The second-order valence-corrected chi connectivity index (χ2v) is 5.04. The molecule has 1 aliphatic rings. The first-order chi connectivity index (χ1) is 7.41. The first-order valence-electron chi connectivity index (χ1n) is 4.83. The van der Waals surface area contributed by atoms with Crippen molar-refractivity contribution in [1.29, 1.82) is 0 Å². The van der Waals surface area contributed by atoms with E-state index in [0.717, 1.165) is 12.8 Å². The van der Waals surface area contributed by atoms with Crippen molar-refractivity contribution in [1.82, 2.24) is 0 Å². The molecule has 0 unspecified atom stereocenters. The Morgan fingerprint density at radius 1 is 1.38 bits per heavy atom. The van der Waals surface area contributed by atoms with Crippen LogP contribution in [0.15, 0.2) is 12.1 Å². The van der Waals surface area contributed by atoms with Crippen LogP contribution in [0.1, 0.15) is 19.8 Å². The Labute approximate surface area is 103 Å². The highest BCUT2D eigenvalue weighted by Gasteiger charge is 2.38. The van der Waals surface area contributed by atoms with E-state index < -0.39 is 4.92 Å². The molecule has 0 saturated heterocycles. The number of nitro groups is 1. The average molecular weight is 261 g/mol. The van der Waals surface area contributed by atoms with Gasteiger partial charge in [-0.3, -0.25) is 10.1 Å². The quantitative estimate of drug-likeness (QED) is 0.663. The van der Waals surface area contributed by atoms with Crippen LogP contribution >= 0.6 is 23.2 Å². The fraction of sp³-hybridized carbons (Fsp3) is 0.400. The second kappa shape index (κ2) is 3.79. The van der Waals surface area contributed by atoms with E-state index >= 15 is 0 Å². The first kappa shape index (κ1) is 11.5. The molecule has 1 aromatic rings. The highest BCUT2D eigenvalue weighted by molar-refractivity contribution is 6.42. The van der Waals surface area contributed by atoms with Gasteiger partial charge in [-0.25, -0.2) is 0 Å². The standard InChI is InChI=1S/C10H10Cl2N2O2/c1-10(2-3-10)13-8-4-6(11)7(12)5-9(8)14(15)16/h4-5,13H,2-3H2,1H3. The van der Waals surface area contributed by atoms with Crippen LogP contribution in [0.5, 0.6) is 0 Å². The van der Waals surface area contributed by atoms with E-state index in [1.807, 2.05) is 6.92 Å². The van der Waals surface area contributed by atoms with Gasteiger partial charge in [-0.15, -0.1) is 0 Å². The molecular formula is C10H10Cl2N2O2. The van der Waals surface area contributed by atoms with E-state index in [0.29, 0.717) is 10.7 Å². The summed E-state index contributed by atoms with van der Waals surface area (Å²) in [5.41, 5.74) is 0.351. The van der Waals surface area contributed by atoms with Crippen LogP contribution < -0.4 is 5.32 Å². The van der Waals surface area contributed by atoms with Gasteiger partial charge in [-0.1, -0.05) is 23.2 Å². The zero-order valence-corrected chi connectivity index (χ0v) is 10.1. The van der Waals surface area contributed by atoms with Gasteiger partial charge in [0.15, 0.2) is 0 Å². The highest BCUT2D eigenvalue weighted by Crippen LogP contribution is 2.42. The van der Waals surface area contributed by atoms with Crippen LogP contribution in [0.3, 0.4) is 0 Å². The monoisotopic (exact) mass is 260 g/mol. The molecule has 86 valence electrons. The first-order valence-corrected chi connectivity index (χ1v) is 5.58. The maximum Gasteiger partial charge on any atom is 0.293 e. The number of hydrogen-bond donors (Lipinski definition) is 1. The minimum Gasteiger partial charge on any atom is -0.374 e. The molecule has 0 radical (unpaired) electrons. The van der Waals surface area contributed by atoms with Gasteiger partial charge < -0.3 is 5.32 Å². The number of halogens is 2. The van der Waals surface area contributed by atoms with E-state index in [-0.39, 0.29) is 16.2 Å². The van der Waals surface area contributed by atoms with Gasteiger partial charge in [0.2, 0.25) is 0 Å². The van der Waals surface area contributed by atoms with E-state index in [1.54, 1.807) is 0 Å². The normalized spacial score (nSPS) is 16.9. The second-order valence-electron chi connectivity index (χ2n) is 4.23. The Kier molecular flexibility index (Phi) is 2.72. The average Bonchev–Trinajstić information content (AvgIpc) is 2.89. The lowest BCUT2D eigenvalue weighted by molar-refractivity contribution is -0.384. The topological polar surface area (TPSA) is 55.2 Å². The van der Waals surface area contributed by atoms with Crippen molar-refractivity contribution in [3.05, 3.63) is 32.3 Å². The third kappa shape index (κ3) is 2.23. The van der Waals surface area contributed by atoms with E-state index in [1.165, 1.54) is 12.1 Å². The van der Waals surface area contributed by atoms with Crippen molar-refractivity contribution in [2.24, 2.45) is 0 Å². The van der Waals surface area contributed by atoms with Crippen LogP contribution in [-0.2, 0) is 0 Å². The lowest BCUT2D eigenvalue weighted by Gasteiger charge is -2.13. The van der Waals surface area contributed by atoms with Crippen molar-refractivity contribution < 1.29 is 4.92 Å². The smallest absolute Gasteiger partial charge is 0.293 e. The maximum atomic E-state index is 10.9. The fourth-order valence-electron chi connectivity index (χ4n) is 1.43. The molecule has 1 saturated carbocycles. The number of anilines is 1. The van der Waals surface area contributed by atoms with Gasteiger partial charge >= 0.3 is 0 Å². The zero-order valence-electron chi connectivity index (χ0n) is 8.59. The number of nitro benzene ring substituents is 1. The molecule has 0 amide bonds. The summed E-state index contributed by atoms with van der Waals surface area (Å²) < 4.78 is 0. The number of rotatable bonds is 3. The third-order valence-corrected chi connectivity index (χ3v) is 3.39. The highest BCUT2D eigenvalue weighted by atomic mass is 35.5. The summed E-state index contributed by atoms with van der Waals surface area (Å²) in [6, 6.07) is 2.78. The van der Waals surface area contributed by atoms with Crippen molar-refractivity contribution in [3.63, 3.8) is 0 Å². The molecule has 0 aliphatic heterocycles. The Morgan fingerprint density at radius 3 is 2.44 bits per heavy atom. The van der Waals surface area contributed by atoms with Gasteiger partial charge in [-0.2, -0.15) is 0 Å². The van der Waals surface area contributed by atoms with Gasteiger partial charge in [-0.05, 0) is 25.8 Å². The number of nitrogens with one attached hydrogen (secondary N) is 1. The summed E-state index contributed by atoms with van der Waals surface area (Å²) in [6.45, 7) is 2.01. The van der Waals surface area contributed by atoms with Gasteiger partial charge in [0, 0.05) is 11.6 Å². The molecule has 0 aromatic heterocycles. The van der Waals surface area contributed by atoms with Gasteiger partial charge in [0.25, 0.3) is 5.69 Å². The number of benzene rings is 1. The van der Waals surface area contributed by atoms with Crippen LogP contribution in [0, 0.1) is 10.1 Å². The van der Waals surface area contributed by atoms with E-state index in [9.17, 15) is 10.1 Å². The largest absolute Gasteiger partial charge is 0.374 e. The van der Waals surface area contributed by atoms with Crippen molar-refractivity contribution >= 4 is 34.6 Å². The molecule has 4 nitrogen and oxygen atoms in total. The summed E-state index contributed by atoms with van der Waals surface area (Å²) in [6.07, 6.45) is 2.01. The van der Waals surface area contributed by atoms with Crippen molar-refractivity contribution in [2.45, 2.75) is 25.3 Å². The van der Waals surface area contributed by atoms with Gasteiger partial charge in [0.1, 0.15) is 5.69 Å². The van der Waals surface area contributed by atoms with Crippen LogP contribution in [0.4, 0.5) is 11.4 Å². The molecule has 1 aliphatic carbocycles. The van der Waals surface area contributed by atoms with E-state index in [2.05, 4.69) is 5.32 Å². The molecule has 2 rings (SSSR count). The molecule has 0 bridgehead atoms. The molecule has 1 aromatic carbocycles. The lowest BCUT2D eigenvalue weighted by atomic mass is 10.2. The predicted molar refractivity (Wildman–Crippen MR) is 64.4 cm³/mol. The SMILES string of the molecule is CC1(Nc2cc(Cl)c(Cl)cc2[N+](=O)[O-])CC1. The Bertz CT molecular complexity index is 458. The summed E-state index contributed by atoms with van der Waals surface area (Å²) in [5, 5.41) is 14.5. The molecular weight excluding hydrogens is 251 g/mol. The Balaban J connectivity index is 2.41. The predicted octanol–water partition coefficient (Wildman–Crippen LogP) is 3.87. The molecule has 0 heterocycles. The number of hydrogen-bond acceptors (Lipinski definition) is 3. The van der Waals surface area contributed by atoms with E-state index in [4.69, 9.17) is 23.2 Å². The zero-order chi connectivity index (χ0) is 11.9. The van der Waals surface area contributed by atoms with Crippen LogP contribution in [0.2, 0.25) is 10.0 Å².